The van der Waals surface area contributed by atoms with Gasteiger partial charge in [0, 0.05) is 11.9 Å². The fourth-order valence-corrected chi connectivity index (χ4v) is 1.24. The molecule has 0 aliphatic heterocycles. The van der Waals surface area contributed by atoms with Crippen molar-refractivity contribution in [1.82, 2.24) is 0 Å². The number of thioether (sulfide) groups is 1. The monoisotopic (exact) mass is 438 g/mol. The van der Waals surface area contributed by atoms with E-state index in [2.05, 4.69) is 41.5 Å². The minimum atomic E-state index is -1.11. The van der Waals surface area contributed by atoms with Gasteiger partial charge in [0.2, 0.25) is 0 Å². The Morgan fingerprint density at radius 3 is 1.23 bits per heavy atom. The van der Waals surface area contributed by atoms with Crippen LogP contribution in [-0.2, 0) is 9.59 Å². The van der Waals surface area contributed by atoms with Gasteiger partial charge in [0.05, 0.1) is 0 Å². The molecule has 0 aliphatic rings. The molecule has 4 radical (unpaired) electrons. The summed E-state index contributed by atoms with van der Waals surface area (Å²) in [6.07, 6.45) is 2.05. The second kappa shape index (κ2) is 23.4. The first-order valence-corrected chi connectivity index (χ1v) is 8.38. The SMILES string of the molecule is O=C([O-])CCSCCC(=O)[O-].[CH2]CC(C)C.[CH2]CC(C)C.[Sn+2]. The number of carbonyl (C=O) groups is 2. The second-order valence-electron chi connectivity index (χ2n) is 5.22. The zero-order valence-electron chi connectivity index (χ0n) is 14.4. The molecule has 0 aromatic carbocycles. The van der Waals surface area contributed by atoms with E-state index >= 15 is 0 Å². The molecule has 0 saturated carbocycles. The number of hydrogen-bond donors (Lipinski definition) is 0. The van der Waals surface area contributed by atoms with Gasteiger partial charge in [-0.15, -0.1) is 0 Å². The molecule has 0 aliphatic carbocycles. The van der Waals surface area contributed by atoms with Crippen molar-refractivity contribution < 1.29 is 19.8 Å². The van der Waals surface area contributed by atoms with Crippen molar-refractivity contribution >= 4 is 47.6 Å². The topological polar surface area (TPSA) is 80.3 Å². The molecule has 0 bridgehead atoms. The van der Waals surface area contributed by atoms with E-state index in [1.807, 2.05) is 0 Å². The molecule has 0 rings (SSSR count). The van der Waals surface area contributed by atoms with Crippen LogP contribution in [0.25, 0.3) is 0 Å². The molecule has 0 aromatic rings. The van der Waals surface area contributed by atoms with Gasteiger partial charge in [0.15, 0.2) is 0 Å². The van der Waals surface area contributed by atoms with E-state index in [0.29, 0.717) is 11.5 Å². The summed E-state index contributed by atoms with van der Waals surface area (Å²) >= 11 is 1.27. The average Bonchev–Trinajstić information content (AvgIpc) is 2.38. The molecule has 0 amide bonds. The van der Waals surface area contributed by atoms with Crippen LogP contribution >= 0.6 is 11.8 Å². The van der Waals surface area contributed by atoms with E-state index in [9.17, 15) is 19.8 Å². The van der Waals surface area contributed by atoms with Crippen LogP contribution in [0.5, 0.6) is 0 Å². The van der Waals surface area contributed by atoms with Crippen LogP contribution in [0.15, 0.2) is 0 Å². The summed E-state index contributed by atoms with van der Waals surface area (Å²) in [6, 6.07) is 0. The van der Waals surface area contributed by atoms with E-state index in [1.165, 1.54) is 11.8 Å². The molecule has 0 spiro atoms. The molecule has 0 fully saturated rings. The summed E-state index contributed by atoms with van der Waals surface area (Å²) in [6.45, 7) is 16.0. The number of carboxylic acids is 2. The molecule has 6 heteroatoms. The quantitative estimate of drug-likeness (QED) is 0.423. The van der Waals surface area contributed by atoms with Crippen LogP contribution in [0.1, 0.15) is 53.4 Å². The Labute approximate surface area is 157 Å². The molecule has 4 nitrogen and oxygen atoms in total. The van der Waals surface area contributed by atoms with Crippen molar-refractivity contribution in [3.63, 3.8) is 0 Å². The van der Waals surface area contributed by atoms with E-state index in [4.69, 9.17) is 0 Å². The van der Waals surface area contributed by atoms with E-state index in [0.717, 1.165) is 24.7 Å². The average molecular weight is 437 g/mol. The van der Waals surface area contributed by atoms with Gasteiger partial charge in [0.1, 0.15) is 0 Å². The third-order valence-corrected chi connectivity index (χ3v) is 3.04. The maximum atomic E-state index is 9.84. The van der Waals surface area contributed by atoms with Crippen LogP contribution in [0.4, 0.5) is 0 Å². The van der Waals surface area contributed by atoms with Crippen molar-refractivity contribution in [3.05, 3.63) is 13.8 Å². The smallest absolute Gasteiger partial charge is 0.550 e. The van der Waals surface area contributed by atoms with E-state index < -0.39 is 11.9 Å². The van der Waals surface area contributed by atoms with Gasteiger partial charge < -0.3 is 19.8 Å². The minimum Gasteiger partial charge on any atom is -0.550 e. The number of carbonyl (C=O) groups excluding carboxylic acids is 2. The molecule has 128 valence electrons. The van der Waals surface area contributed by atoms with E-state index in [1.54, 1.807) is 0 Å². The summed E-state index contributed by atoms with van der Waals surface area (Å²) in [5, 5.41) is 19.7. The molecule has 0 saturated heterocycles. The van der Waals surface area contributed by atoms with Gasteiger partial charge in [-0.2, -0.15) is 11.8 Å². The van der Waals surface area contributed by atoms with Gasteiger partial charge >= 0.3 is 23.9 Å². The third kappa shape index (κ3) is 50.1. The number of rotatable bonds is 8. The minimum absolute atomic E-state index is 0. The van der Waals surface area contributed by atoms with Gasteiger partial charge in [-0.05, 0) is 36.2 Å². The van der Waals surface area contributed by atoms with Crippen LogP contribution in [-0.4, -0.2) is 47.4 Å². The van der Waals surface area contributed by atoms with Crippen LogP contribution in [0.2, 0.25) is 0 Å². The first-order chi connectivity index (χ1) is 9.67. The summed E-state index contributed by atoms with van der Waals surface area (Å²) in [4.78, 5) is 19.7. The number of aliphatic carboxylic acids is 2. The summed E-state index contributed by atoms with van der Waals surface area (Å²) in [5.74, 6) is 0.132. The zero-order chi connectivity index (χ0) is 17.3. The molecule has 0 unspecified atom stereocenters. The van der Waals surface area contributed by atoms with Gasteiger partial charge in [-0.25, -0.2) is 0 Å². The van der Waals surface area contributed by atoms with Crippen LogP contribution in [0.3, 0.4) is 0 Å². The molecule has 0 aromatic heterocycles. The standard InChI is InChI=1S/C6H10O4S.2C5H11.Sn/c7-5(8)1-3-11-4-2-6(9)10;2*1-4-5(2)3;/h1-4H2,(H,7,8)(H,9,10);2*5H,1,4H2,2-3H3;/q;;;+2/p-2. The Kier molecular flexibility index (Phi) is 31.9. The van der Waals surface area contributed by atoms with Crippen molar-refractivity contribution in [1.29, 1.82) is 0 Å². The maximum absolute atomic E-state index is 9.84. The third-order valence-electron chi connectivity index (χ3n) is 2.06. The molecule has 22 heavy (non-hydrogen) atoms. The Hall–Kier alpha value is 0.0887. The summed E-state index contributed by atoms with van der Waals surface area (Å²) in [5.41, 5.74) is 0. The van der Waals surface area contributed by atoms with Gasteiger partial charge in [0.25, 0.3) is 0 Å². The van der Waals surface area contributed by atoms with Gasteiger partial charge in [-0.1, -0.05) is 54.4 Å². The fraction of sp³-hybridized carbons (Fsp3) is 0.750. The second-order valence-corrected chi connectivity index (χ2v) is 6.45. The number of carboxylic acid groups (broad SMARTS) is 2. The Morgan fingerprint density at radius 1 is 0.864 bits per heavy atom. The number of hydrogen-bond acceptors (Lipinski definition) is 5. The summed E-state index contributed by atoms with van der Waals surface area (Å²) < 4.78 is 0. The Morgan fingerprint density at radius 2 is 1.09 bits per heavy atom. The van der Waals surface area contributed by atoms with E-state index in [-0.39, 0.29) is 36.7 Å². The normalized spacial score (nSPS) is 9.09. The first-order valence-electron chi connectivity index (χ1n) is 7.23. The largest absolute Gasteiger partial charge is 2.00 e. The molecule has 0 atom stereocenters. The van der Waals surface area contributed by atoms with Crippen LogP contribution in [0, 0.1) is 25.7 Å². The Bertz CT molecular complexity index is 222. The predicted molar refractivity (Wildman–Crippen MR) is 92.0 cm³/mol. The van der Waals surface area contributed by atoms with Crippen molar-refractivity contribution in [3.8, 4) is 0 Å². The predicted octanol–water partition coefficient (Wildman–Crippen LogP) is 1.35. The molecule has 0 heterocycles. The summed E-state index contributed by atoms with van der Waals surface area (Å²) in [7, 11) is 0. The van der Waals surface area contributed by atoms with Crippen molar-refractivity contribution in [2.24, 2.45) is 11.8 Å². The first kappa shape index (κ1) is 30.0. The maximum Gasteiger partial charge on any atom is 2.00 e. The van der Waals surface area contributed by atoms with Crippen molar-refractivity contribution in [2.75, 3.05) is 11.5 Å². The molecule has 0 N–H and O–H groups in total. The van der Waals surface area contributed by atoms with Crippen molar-refractivity contribution in [2.45, 2.75) is 53.4 Å². The molecular formula is C16H30O4SSn. The fourth-order valence-electron chi connectivity index (χ4n) is 0.413. The van der Waals surface area contributed by atoms with Gasteiger partial charge in [-0.3, -0.25) is 0 Å². The Balaban J connectivity index is -0.000000124. The molecular weight excluding hydrogens is 407 g/mol. The zero-order valence-corrected chi connectivity index (χ0v) is 18.0. The van der Waals surface area contributed by atoms with Crippen LogP contribution < -0.4 is 10.2 Å².